The Morgan fingerprint density at radius 2 is 2.21 bits per heavy atom. The van der Waals surface area contributed by atoms with Gasteiger partial charge in [-0.15, -0.1) is 11.3 Å². The molecular weight excluding hydrogens is 286 g/mol. The van der Waals surface area contributed by atoms with Crippen LogP contribution in [0.4, 0.5) is 0 Å². The average molecular weight is 301 g/mol. The van der Waals surface area contributed by atoms with Crippen LogP contribution in [0.15, 0.2) is 39.2 Å². The van der Waals surface area contributed by atoms with Crippen molar-refractivity contribution in [3.05, 3.63) is 41.2 Å². The van der Waals surface area contributed by atoms with Crippen molar-refractivity contribution in [3.63, 3.8) is 0 Å². The Morgan fingerprint density at radius 3 is 2.79 bits per heavy atom. The number of rotatable bonds is 6. The maximum absolute atomic E-state index is 11.9. The van der Waals surface area contributed by atoms with Crippen molar-refractivity contribution in [1.29, 1.82) is 0 Å². The molecule has 1 atom stereocenters. The first-order chi connectivity index (χ1) is 8.99. The van der Waals surface area contributed by atoms with E-state index in [9.17, 15) is 13.5 Å². The summed E-state index contributed by atoms with van der Waals surface area (Å²) in [5.74, 6) is 0.436. The lowest BCUT2D eigenvalue weighted by Gasteiger charge is -2.08. The van der Waals surface area contributed by atoms with Crippen molar-refractivity contribution in [3.8, 4) is 0 Å². The Bertz CT molecular complexity index is 616. The van der Waals surface area contributed by atoms with Crippen LogP contribution in [0.1, 0.15) is 23.2 Å². The van der Waals surface area contributed by atoms with Crippen LogP contribution in [0, 0.1) is 6.92 Å². The minimum Gasteiger partial charge on any atom is -0.467 e. The molecule has 1 unspecified atom stereocenters. The molecule has 0 spiro atoms. The van der Waals surface area contributed by atoms with Crippen molar-refractivity contribution in [2.75, 3.05) is 6.54 Å². The van der Waals surface area contributed by atoms with Gasteiger partial charge in [-0.2, -0.15) is 0 Å². The molecule has 2 aromatic rings. The number of aliphatic hydroxyl groups is 1. The molecule has 0 fully saturated rings. The summed E-state index contributed by atoms with van der Waals surface area (Å²) in [6, 6.07) is 6.67. The predicted molar refractivity (Wildman–Crippen MR) is 72.5 cm³/mol. The molecule has 2 heterocycles. The number of hydrogen-bond acceptors (Lipinski definition) is 5. The molecule has 0 saturated carbocycles. The van der Waals surface area contributed by atoms with Crippen molar-refractivity contribution in [2.45, 2.75) is 23.7 Å². The average Bonchev–Trinajstić information content (AvgIpc) is 2.99. The molecule has 0 saturated heterocycles. The highest BCUT2D eigenvalue weighted by atomic mass is 32.2. The zero-order valence-corrected chi connectivity index (χ0v) is 12.0. The standard InChI is InChI=1S/C12H15NO4S2/c1-9-4-5-12(18-9)19(15,16)13-7-6-10(14)11-3-2-8-17-11/h2-5,8,10,13-14H,6-7H2,1H3. The largest absolute Gasteiger partial charge is 0.467 e. The summed E-state index contributed by atoms with van der Waals surface area (Å²) < 4.78 is 31.6. The highest BCUT2D eigenvalue weighted by molar-refractivity contribution is 7.91. The number of nitrogens with one attached hydrogen (secondary N) is 1. The number of thiophene rings is 1. The van der Waals surface area contributed by atoms with Gasteiger partial charge in [0.1, 0.15) is 16.1 Å². The second-order valence-electron chi connectivity index (χ2n) is 4.08. The molecule has 104 valence electrons. The molecule has 0 aliphatic rings. The Balaban J connectivity index is 1.89. The lowest BCUT2D eigenvalue weighted by atomic mass is 10.2. The minimum atomic E-state index is -3.48. The van der Waals surface area contributed by atoms with Gasteiger partial charge in [0.15, 0.2) is 0 Å². The first-order valence-corrected chi connectivity index (χ1v) is 8.06. The number of aryl methyl sites for hydroxylation is 1. The highest BCUT2D eigenvalue weighted by Crippen LogP contribution is 2.21. The molecule has 2 N–H and O–H groups in total. The molecule has 7 heteroatoms. The Kier molecular flexibility index (Phi) is 4.41. The van der Waals surface area contributed by atoms with Crippen molar-refractivity contribution >= 4 is 21.4 Å². The molecule has 5 nitrogen and oxygen atoms in total. The molecule has 0 aliphatic carbocycles. The van der Waals surface area contributed by atoms with Gasteiger partial charge < -0.3 is 9.52 Å². The number of furan rings is 1. The Labute approximate surface area is 115 Å². The van der Waals surface area contributed by atoms with Crippen LogP contribution >= 0.6 is 11.3 Å². The van der Waals surface area contributed by atoms with Gasteiger partial charge in [-0.05, 0) is 37.6 Å². The maximum atomic E-state index is 11.9. The van der Waals surface area contributed by atoms with E-state index in [4.69, 9.17) is 4.42 Å². The highest BCUT2D eigenvalue weighted by Gasteiger charge is 2.17. The van der Waals surface area contributed by atoms with Gasteiger partial charge in [-0.3, -0.25) is 0 Å². The van der Waals surface area contributed by atoms with E-state index in [0.29, 0.717) is 5.76 Å². The van der Waals surface area contributed by atoms with Gasteiger partial charge in [0, 0.05) is 11.4 Å². The summed E-state index contributed by atoms with van der Waals surface area (Å²) >= 11 is 1.22. The summed E-state index contributed by atoms with van der Waals surface area (Å²) in [4.78, 5) is 0.941. The van der Waals surface area contributed by atoms with Crippen LogP contribution in [0.5, 0.6) is 0 Å². The molecule has 19 heavy (non-hydrogen) atoms. The first-order valence-electron chi connectivity index (χ1n) is 5.76. The van der Waals surface area contributed by atoms with E-state index in [1.165, 1.54) is 17.6 Å². The normalized spacial score (nSPS) is 13.6. The van der Waals surface area contributed by atoms with Gasteiger partial charge in [0.25, 0.3) is 0 Å². The van der Waals surface area contributed by atoms with Crippen LogP contribution in [-0.4, -0.2) is 20.1 Å². The zero-order chi connectivity index (χ0) is 13.9. The van der Waals surface area contributed by atoms with Gasteiger partial charge >= 0.3 is 0 Å². The third kappa shape index (κ3) is 3.66. The third-order valence-corrected chi connectivity index (χ3v) is 5.52. The van der Waals surface area contributed by atoms with Crippen molar-refractivity contribution < 1.29 is 17.9 Å². The summed E-state index contributed by atoms with van der Waals surface area (Å²) in [6.07, 6.45) is 0.927. The van der Waals surface area contributed by atoms with E-state index in [0.717, 1.165) is 4.88 Å². The molecule has 2 aromatic heterocycles. The maximum Gasteiger partial charge on any atom is 0.250 e. The Morgan fingerprint density at radius 1 is 1.42 bits per heavy atom. The monoisotopic (exact) mass is 301 g/mol. The fourth-order valence-electron chi connectivity index (χ4n) is 1.58. The third-order valence-electron chi connectivity index (χ3n) is 2.56. The second-order valence-corrected chi connectivity index (χ2v) is 7.36. The molecular formula is C12H15NO4S2. The molecule has 0 aromatic carbocycles. The number of aliphatic hydroxyl groups excluding tert-OH is 1. The fraction of sp³-hybridized carbons (Fsp3) is 0.333. The van der Waals surface area contributed by atoms with Gasteiger partial charge in [-0.1, -0.05) is 0 Å². The fourth-order valence-corrected chi connectivity index (χ4v) is 3.96. The second kappa shape index (κ2) is 5.87. The van der Waals surface area contributed by atoms with Gasteiger partial charge in [0.05, 0.1) is 6.26 Å². The lowest BCUT2D eigenvalue weighted by molar-refractivity contribution is 0.142. The minimum absolute atomic E-state index is 0.154. The van der Waals surface area contributed by atoms with Crippen molar-refractivity contribution in [1.82, 2.24) is 4.72 Å². The van der Waals surface area contributed by atoms with Crippen LogP contribution in [0.25, 0.3) is 0 Å². The SMILES string of the molecule is Cc1ccc(S(=O)(=O)NCCC(O)c2ccco2)s1. The van der Waals surface area contributed by atoms with Gasteiger partial charge in [-0.25, -0.2) is 13.1 Å². The van der Waals surface area contributed by atoms with E-state index < -0.39 is 16.1 Å². The summed E-state index contributed by atoms with van der Waals surface area (Å²) in [5.41, 5.74) is 0. The lowest BCUT2D eigenvalue weighted by Crippen LogP contribution is -2.25. The van der Waals surface area contributed by atoms with E-state index >= 15 is 0 Å². The number of hydrogen-bond donors (Lipinski definition) is 2. The number of sulfonamides is 1. The van der Waals surface area contributed by atoms with E-state index in [1.807, 2.05) is 6.92 Å². The summed E-state index contributed by atoms with van der Waals surface area (Å²) in [6.45, 7) is 2.01. The van der Waals surface area contributed by atoms with Crippen LogP contribution in [0.2, 0.25) is 0 Å². The smallest absolute Gasteiger partial charge is 0.250 e. The molecule has 0 bridgehead atoms. The molecule has 0 radical (unpaired) electrons. The molecule has 0 aliphatic heterocycles. The van der Waals surface area contributed by atoms with E-state index in [-0.39, 0.29) is 17.2 Å². The zero-order valence-electron chi connectivity index (χ0n) is 10.4. The van der Waals surface area contributed by atoms with Crippen LogP contribution < -0.4 is 4.72 Å². The van der Waals surface area contributed by atoms with Crippen molar-refractivity contribution in [2.24, 2.45) is 0 Å². The van der Waals surface area contributed by atoms with Gasteiger partial charge in [0.2, 0.25) is 10.0 Å². The molecule has 2 rings (SSSR count). The van der Waals surface area contributed by atoms with Crippen LogP contribution in [0.3, 0.4) is 0 Å². The quantitative estimate of drug-likeness (QED) is 0.856. The predicted octanol–water partition coefficient (Wildman–Crippen LogP) is 2.05. The topological polar surface area (TPSA) is 79.5 Å². The van der Waals surface area contributed by atoms with E-state index in [2.05, 4.69) is 4.72 Å². The Hall–Kier alpha value is -1.15. The van der Waals surface area contributed by atoms with Crippen LogP contribution in [-0.2, 0) is 10.0 Å². The summed E-state index contributed by atoms with van der Waals surface area (Å²) in [7, 11) is -3.48. The summed E-state index contributed by atoms with van der Waals surface area (Å²) in [5, 5.41) is 9.75. The first kappa shape index (κ1) is 14.3. The molecule has 0 amide bonds. The van der Waals surface area contributed by atoms with E-state index in [1.54, 1.807) is 24.3 Å².